The molecular formula is C19H21N3O4S2. The first kappa shape index (κ1) is 19.0. The minimum atomic E-state index is -3.46. The van der Waals surface area contributed by atoms with Gasteiger partial charge in [-0.05, 0) is 24.3 Å². The number of thiazole rings is 1. The van der Waals surface area contributed by atoms with Crippen molar-refractivity contribution in [2.45, 2.75) is 4.90 Å². The van der Waals surface area contributed by atoms with Crippen LogP contribution in [-0.4, -0.2) is 58.1 Å². The van der Waals surface area contributed by atoms with Gasteiger partial charge in [0.1, 0.15) is 21.7 Å². The molecule has 9 heteroatoms. The number of benzene rings is 2. The van der Waals surface area contributed by atoms with Gasteiger partial charge in [0.25, 0.3) is 0 Å². The Kier molecular flexibility index (Phi) is 5.13. The molecule has 7 nitrogen and oxygen atoms in total. The minimum Gasteiger partial charge on any atom is -0.495 e. The highest BCUT2D eigenvalue weighted by atomic mass is 32.2. The topological polar surface area (TPSA) is 72.0 Å². The molecule has 0 bridgehead atoms. The zero-order chi connectivity index (χ0) is 19.7. The van der Waals surface area contributed by atoms with E-state index in [0.29, 0.717) is 36.8 Å². The molecule has 4 rings (SSSR count). The number of rotatable bonds is 5. The number of sulfonamides is 1. The maximum absolute atomic E-state index is 12.8. The van der Waals surface area contributed by atoms with Gasteiger partial charge in [0, 0.05) is 26.2 Å². The second-order valence-electron chi connectivity index (χ2n) is 6.35. The lowest BCUT2D eigenvalue weighted by molar-refractivity contribution is 0.384. The number of anilines is 1. The van der Waals surface area contributed by atoms with Crippen molar-refractivity contribution in [3.8, 4) is 11.5 Å². The van der Waals surface area contributed by atoms with Gasteiger partial charge in [0.2, 0.25) is 10.0 Å². The number of aromatic nitrogens is 1. The highest BCUT2D eigenvalue weighted by Crippen LogP contribution is 2.40. The van der Waals surface area contributed by atoms with Crippen molar-refractivity contribution in [3.63, 3.8) is 0 Å². The van der Waals surface area contributed by atoms with E-state index in [0.717, 1.165) is 21.1 Å². The SMILES string of the molecule is COc1ccc(OC)c2sc(N3CCN(S(=O)(=O)c4ccccc4)CC3)nc12. The Bertz CT molecular complexity index is 1030. The fraction of sp³-hybridized carbons (Fsp3) is 0.316. The van der Waals surface area contributed by atoms with E-state index in [2.05, 4.69) is 4.90 Å². The summed E-state index contributed by atoms with van der Waals surface area (Å²) in [4.78, 5) is 7.18. The number of piperazine rings is 1. The normalized spacial score (nSPS) is 15.7. The zero-order valence-corrected chi connectivity index (χ0v) is 17.3. The Morgan fingerprint density at radius 2 is 1.57 bits per heavy atom. The van der Waals surface area contributed by atoms with Gasteiger partial charge in [-0.25, -0.2) is 13.4 Å². The molecule has 28 heavy (non-hydrogen) atoms. The van der Waals surface area contributed by atoms with E-state index in [-0.39, 0.29) is 0 Å². The summed E-state index contributed by atoms with van der Waals surface area (Å²) < 4.78 is 38.9. The Hall–Kier alpha value is -2.36. The number of nitrogens with zero attached hydrogens (tertiary/aromatic N) is 3. The number of ether oxygens (including phenoxy) is 2. The molecule has 0 saturated carbocycles. The van der Waals surface area contributed by atoms with Gasteiger partial charge in [-0.1, -0.05) is 29.5 Å². The molecule has 1 aliphatic heterocycles. The second kappa shape index (κ2) is 7.57. The van der Waals surface area contributed by atoms with Gasteiger partial charge in [0.15, 0.2) is 5.13 Å². The molecule has 148 valence electrons. The standard InChI is InChI=1S/C19H21N3O4S2/c1-25-15-8-9-16(26-2)18-17(15)20-19(27-18)21-10-12-22(13-11-21)28(23,24)14-6-4-3-5-7-14/h3-9H,10-13H2,1-2H3. The Labute approximate surface area is 168 Å². The molecule has 0 radical (unpaired) electrons. The molecule has 0 amide bonds. The summed E-state index contributed by atoms with van der Waals surface area (Å²) in [5.74, 6) is 1.45. The predicted octanol–water partition coefficient (Wildman–Crippen LogP) is 2.82. The van der Waals surface area contributed by atoms with Gasteiger partial charge in [-0.2, -0.15) is 4.31 Å². The van der Waals surface area contributed by atoms with Crippen molar-refractivity contribution >= 4 is 36.7 Å². The number of methoxy groups -OCH3 is 2. The third-order valence-electron chi connectivity index (χ3n) is 4.79. The third kappa shape index (κ3) is 3.30. The van der Waals surface area contributed by atoms with Crippen LogP contribution in [0.25, 0.3) is 10.2 Å². The van der Waals surface area contributed by atoms with Crippen molar-refractivity contribution in [1.29, 1.82) is 0 Å². The van der Waals surface area contributed by atoms with E-state index >= 15 is 0 Å². The lowest BCUT2D eigenvalue weighted by atomic mass is 10.3. The summed E-state index contributed by atoms with van der Waals surface area (Å²) >= 11 is 1.53. The van der Waals surface area contributed by atoms with Crippen molar-refractivity contribution in [1.82, 2.24) is 9.29 Å². The molecule has 0 spiro atoms. The van der Waals surface area contributed by atoms with Crippen LogP contribution in [0.2, 0.25) is 0 Å². The predicted molar refractivity (Wildman–Crippen MR) is 110 cm³/mol. The van der Waals surface area contributed by atoms with Crippen LogP contribution in [0.1, 0.15) is 0 Å². The van der Waals surface area contributed by atoms with Crippen molar-refractivity contribution in [2.24, 2.45) is 0 Å². The summed E-state index contributed by atoms with van der Waals surface area (Å²) in [6, 6.07) is 12.3. The molecule has 1 saturated heterocycles. The molecule has 0 atom stereocenters. The Morgan fingerprint density at radius 3 is 2.21 bits per heavy atom. The van der Waals surface area contributed by atoms with Crippen molar-refractivity contribution in [2.75, 3.05) is 45.3 Å². The quantitative estimate of drug-likeness (QED) is 0.633. The lowest BCUT2D eigenvalue weighted by Crippen LogP contribution is -2.48. The molecule has 2 heterocycles. The average molecular weight is 420 g/mol. The van der Waals surface area contributed by atoms with Gasteiger partial charge < -0.3 is 14.4 Å². The zero-order valence-electron chi connectivity index (χ0n) is 15.7. The molecule has 2 aromatic carbocycles. The summed E-state index contributed by atoms with van der Waals surface area (Å²) in [6.45, 7) is 2.00. The van der Waals surface area contributed by atoms with Crippen LogP contribution in [0.15, 0.2) is 47.4 Å². The van der Waals surface area contributed by atoms with Crippen LogP contribution in [-0.2, 0) is 10.0 Å². The molecule has 0 aliphatic carbocycles. The Morgan fingerprint density at radius 1 is 0.929 bits per heavy atom. The molecule has 0 N–H and O–H groups in total. The van der Waals surface area contributed by atoms with Crippen LogP contribution in [0.5, 0.6) is 11.5 Å². The first-order valence-electron chi connectivity index (χ1n) is 8.86. The molecule has 3 aromatic rings. The number of fused-ring (bicyclic) bond motifs is 1. The summed E-state index contributed by atoms with van der Waals surface area (Å²) in [7, 11) is -0.213. The largest absolute Gasteiger partial charge is 0.495 e. The molecule has 0 unspecified atom stereocenters. The van der Waals surface area contributed by atoms with Crippen LogP contribution in [0.3, 0.4) is 0 Å². The van der Waals surface area contributed by atoms with E-state index in [1.807, 2.05) is 18.2 Å². The fourth-order valence-electron chi connectivity index (χ4n) is 3.27. The minimum absolute atomic E-state index is 0.331. The van der Waals surface area contributed by atoms with E-state index in [1.54, 1.807) is 38.5 Å². The maximum atomic E-state index is 12.8. The van der Waals surface area contributed by atoms with E-state index in [4.69, 9.17) is 14.5 Å². The highest BCUT2D eigenvalue weighted by Gasteiger charge is 2.29. The molecular weight excluding hydrogens is 398 g/mol. The van der Waals surface area contributed by atoms with Crippen LogP contribution in [0, 0.1) is 0 Å². The summed E-state index contributed by atoms with van der Waals surface area (Å²) in [5.41, 5.74) is 0.765. The highest BCUT2D eigenvalue weighted by molar-refractivity contribution is 7.89. The lowest BCUT2D eigenvalue weighted by Gasteiger charge is -2.33. The van der Waals surface area contributed by atoms with E-state index in [9.17, 15) is 8.42 Å². The van der Waals surface area contributed by atoms with Gasteiger partial charge in [0.05, 0.1) is 19.1 Å². The maximum Gasteiger partial charge on any atom is 0.243 e. The summed E-state index contributed by atoms with van der Waals surface area (Å²) in [5, 5.41) is 0.842. The van der Waals surface area contributed by atoms with Crippen LogP contribution < -0.4 is 14.4 Å². The van der Waals surface area contributed by atoms with Gasteiger partial charge in [-0.15, -0.1) is 0 Å². The van der Waals surface area contributed by atoms with Crippen molar-refractivity contribution < 1.29 is 17.9 Å². The van der Waals surface area contributed by atoms with Gasteiger partial charge >= 0.3 is 0 Å². The molecule has 1 aliphatic rings. The first-order chi connectivity index (χ1) is 13.5. The summed E-state index contributed by atoms with van der Waals surface area (Å²) in [6.07, 6.45) is 0. The molecule has 1 fully saturated rings. The van der Waals surface area contributed by atoms with Crippen LogP contribution in [0.4, 0.5) is 5.13 Å². The van der Waals surface area contributed by atoms with Gasteiger partial charge in [-0.3, -0.25) is 0 Å². The first-order valence-corrected chi connectivity index (χ1v) is 11.1. The fourth-order valence-corrected chi connectivity index (χ4v) is 5.84. The average Bonchev–Trinajstić information content (AvgIpc) is 3.19. The number of hydrogen-bond acceptors (Lipinski definition) is 7. The monoisotopic (exact) mass is 419 g/mol. The van der Waals surface area contributed by atoms with E-state index in [1.165, 1.54) is 15.6 Å². The smallest absolute Gasteiger partial charge is 0.243 e. The van der Waals surface area contributed by atoms with Crippen LogP contribution >= 0.6 is 11.3 Å². The third-order valence-corrected chi connectivity index (χ3v) is 7.83. The second-order valence-corrected chi connectivity index (χ2v) is 9.26. The number of hydrogen-bond donors (Lipinski definition) is 0. The molecule has 1 aromatic heterocycles. The van der Waals surface area contributed by atoms with E-state index < -0.39 is 10.0 Å². The van der Waals surface area contributed by atoms with Crippen molar-refractivity contribution in [3.05, 3.63) is 42.5 Å². The Balaban J connectivity index is 1.56.